The fourth-order valence-electron chi connectivity index (χ4n) is 2.55. The van der Waals surface area contributed by atoms with Gasteiger partial charge in [0.1, 0.15) is 0 Å². The first-order chi connectivity index (χ1) is 10.0. The van der Waals surface area contributed by atoms with Gasteiger partial charge in [0.05, 0.1) is 12.3 Å². The summed E-state index contributed by atoms with van der Waals surface area (Å²) in [6, 6.07) is 7.46. The monoisotopic (exact) mass is 356 g/mol. The minimum atomic E-state index is 0.180. The van der Waals surface area contributed by atoms with Crippen LogP contribution in [0.1, 0.15) is 46.1 Å². The van der Waals surface area contributed by atoms with Crippen molar-refractivity contribution in [3.63, 3.8) is 0 Å². The molecule has 0 aromatic heterocycles. The molecule has 0 radical (unpaired) electrons. The molecule has 3 nitrogen and oxygen atoms in total. The van der Waals surface area contributed by atoms with Gasteiger partial charge < -0.3 is 15.3 Å². The van der Waals surface area contributed by atoms with Gasteiger partial charge in [-0.3, -0.25) is 0 Å². The largest absolute Gasteiger partial charge is 0.395 e. The summed E-state index contributed by atoms with van der Waals surface area (Å²) in [7, 11) is 0. The maximum Gasteiger partial charge on any atom is 0.0606 e. The van der Waals surface area contributed by atoms with Gasteiger partial charge in [-0.1, -0.05) is 33.8 Å². The van der Waals surface area contributed by atoms with Crippen molar-refractivity contribution in [1.82, 2.24) is 5.32 Å². The Bertz CT molecular complexity index is 419. The van der Waals surface area contributed by atoms with Crippen LogP contribution in [-0.4, -0.2) is 30.3 Å². The Labute approximate surface area is 137 Å². The quantitative estimate of drug-likeness (QED) is 0.703. The summed E-state index contributed by atoms with van der Waals surface area (Å²) in [5.74, 6) is 0. The number of halogens is 1. The summed E-state index contributed by atoms with van der Waals surface area (Å²) >= 11 is 3.70. The van der Waals surface area contributed by atoms with Crippen LogP contribution in [0, 0.1) is 0 Å². The zero-order valence-corrected chi connectivity index (χ0v) is 15.3. The Morgan fingerprint density at radius 2 is 1.90 bits per heavy atom. The molecule has 0 amide bonds. The average molecular weight is 357 g/mol. The van der Waals surface area contributed by atoms with Gasteiger partial charge >= 0.3 is 0 Å². The second-order valence-electron chi connectivity index (χ2n) is 5.71. The van der Waals surface area contributed by atoms with Gasteiger partial charge in [-0.05, 0) is 46.5 Å². The molecule has 0 heterocycles. The third kappa shape index (κ3) is 5.61. The van der Waals surface area contributed by atoms with Crippen molar-refractivity contribution in [2.45, 2.75) is 59.2 Å². The number of hydrogen-bond donors (Lipinski definition) is 2. The van der Waals surface area contributed by atoms with E-state index in [2.05, 4.69) is 72.0 Å². The number of benzene rings is 1. The third-order valence-corrected chi connectivity index (χ3v) is 4.40. The predicted molar refractivity (Wildman–Crippen MR) is 94.9 cm³/mol. The molecule has 0 unspecified atom stereocenters. The minimum absolute atomic E-state index is 0.180. The van der Waals surface area contributed by atoms with Crippen LogP contribution in [0.25, 0.3) is 0 Å². The topological polar surface area (TPSA) is 35.5 Å². The lowest BCUT2D eigenvalue weighted by Crippen LogP contribution is -2.37. The second-order valence-corrected chi connectivity index (χ2v) is 6.56. The van der Waals surface area contributed by atoms with Crippen LogP contribution in [0.3, 0.4) is 0 Å². The number of rotatable bonds is 9. The first kappa shape index (κ1) is 18.5. The van der Waals surface area contributed by atoms with Crippen molar-refractivity contribution in [3.05, 3.63) is 28.2 Å². The summed E-state index contributed by atoms with van der Waals surface area (Å²) in [6.45, 7) is 10.4. The van der Waals surface area contributed by atoms with Crippen molar-refractivity contribution in [2.75, 3.05) is 18.1 Å². The zero-order chi connectivity index (χ0) is 15.8. The highest BCUT2D eigenvalue weighted by atomic mass is 79.9. The molecule has 120 valence electrons. The first-order valence-electron chi connectivity index (χ1n) is 7.92. The van der Waals surface area contributed by atoms with Crippen LogP contribution in [0.2, 0.25) is 0 Å². The van der Waals surface area contributed by atoms with E-state index in [1.54, 1.807) is 0 Å². The Balaban J connectivity index is 2.93. The highest BCUT2D eigenvalue weighted by molar-refractivity contribution is 9.10. The van der Waals surface area contributed by atoms with E-state index in [9.17, 15) is 5.11 Å². The van der Waals surface area contributed by atoms with E-state index < -0.39 is 0 Å². The molecule has 4 heteroatoms. The summed E-state index contributed by atoms with van der Waals surface area (Å²) in [5, 5.41) is 12.8. The lowest BCUT2D eigenvalue weighted by Gasteiger charge is -2.33. The molecule has 21 heavy (non-hydrogen) atoms. The van der Waals surface area contributed by atoms with Gasteiger partial charge in [-0.2, -0.15) is 0 Å². The highest BCUT2D eigenvalue weighted by Crippen LogP contribution is 2.30. The van der Waals surface area contributed by atoms with Gasteiger partial charge in [0, 0.05) is 29.6 Å². The van der Waals surface area contributed by atoms with Crippen LogP contribution >= 0.6 is 15.9 Å². The molecule has 2 N–H and O–H groups in total. The molecule has 0 fully saturated rings. The molecule has 1 aromatic rings. The minimum Gasteiger partial charge on any atom is -0.395 e. The number of anilines is 1. The summed E-state index contributed by atoms with van der Waals surface area (Å²) in [5.41, 5.74) is 2.44. The number of aliphatic hydroxyl groups excluding tert-OH is 1. The molecule has 0 bridgehead atoms. The molecule has 0 aliphatic rings. The fraction of sp³-hybridized carbons (Fsp3) is 0.647. The predicted octanol–water partition coefficient (Wildman–Crippen LogP) is 3.93. The molecule has 1 aromatic carbocycles. The average Bonchev–Trinajstić information content (AvgIpc) is 2.46. The van der Waals surface area contributed by atoms with E-state index in [4.69, 9.17) is 0 Å². The third-order valence-electron chi connectivity index (χ3n) is 3.76. The molecule has 1 rings (SSSR count). The molecule has 0 spiro atoms. The van der Waals surface area contributed by atoms with Gasteiger partial charge in [-0.15, -0.1) is 0 Å². The number of aliphatic hydroxyl groups is 1. The van der Waals surface area contributed by atoms with E-state index in [0.29, 0.717) is 18.6 Å². The molecule has 0 aliphatic carbocycles. The summed E-state index contributed by atoms with van der Waals surface area (Å²) in [6.07, 6.45) is 2.17. The lowest BCUT2D eigenvalue weighted by molar-refractivity contribution is 0.296. The Hall–Kier alpha value is -0.580. The smallest absolute Gasteiger partial charge is 0.0606 e. The van der Waals surface area contributed by atoms with Crippen molar-refractivity contribution in [1.29, 1.82) is 0 Å². The van der Waals surface area contributed by atoms with E-state index in [0.717, 1.165) is 23.9 Å². The van der Waals surface area contributed by atoms with Crippen LogP contribution in [0.15, 0.2) is 22.7 Å². The summed E-state index contributed by atoms with van der Waals surface area (Å²) < 4.78 is 1.10. The van der Waals surface area contributed by atoms with Crippen LogP contribution in [0.4, 0.5) is 5.69 Å². The maximum absolute atomic E-state index is 9.36. The summed E-state index contributed by atoms with van der Waals surface area (Å²) in [4.78, 5) is 2.31. The molecule has 0 saturated heterocycles. The molecular formula is C17H29BrN2O. The Kier molecular flexibility index (Phi) is 8.30. The van der Waals surface area contributed by atoms with Crippen molar-refractivity contribution in [3.8, 4) is 0 Å². The number of hydrogen-bond acceptors (Lipinski definition) is 3. The number of nitrogens with zero attached hydrogens (tertiary/aromatic N) is 1. The first-order valence-corrected chi connectivity index (χ1v) is 8.72. The lowest BCUT2D eigenvalue weighted by atomic mass is 10.1. The van der Waals surface area contributed by atoms with Crippen LogP contribution in [0.5, 0.6) is 0 Å². The van der Waals surface area contributed by atoms with Gasteiger partial charge in [0.25, 0.3) is 0 Å². The highest BCUT2D eigenvalue weighted by Gasteiger charge is 2.17. The van der Waals surface area contributed by atoms with Crippen molar-refractivity contribution >= 4 is 21.6 Å². The van der Waals surface area contributed by atoms with Gasteiger partial charge in [-0.25, -0.2) is 0 Å². The molecule has 0 aliphatic heterocycles. The van der Waals surface area contributed by atoms with Gasteiger partial charge in [0.15, 0.2) is 0 Å². The molecule has 0 saturated carbocycles. The normalized spacial score (nSPS) is 11.4. The Morgan fingerprint density at radius 1 is 1.24 bits per heavy atom. The van der Waals surface area contributed by atoms with Crippen LogP contribution < -0.4 is 10.2 Å². The second kappa shape index (κ2) is 9.44. The molecular weight excluding hydrogens is 328 g/mol. The van der Waals surface area contributed by atoms with Crippen molar-refractivity contribution < 1.29 is 5.11 Å². The van der Waals surface area contributed by atoms with E-state index in [1.165, 1.54) is 11.3 Å². The standard InChI is InChI=1S/C17H29BrN2O/c1-5-15(6-2)20(9-10-21)17-8-7-14(11-16(17)18)12-19-13(3)4/h7-8,11,13,15,19,21H,5-6,9-10,12H2,1-4H3. The van der Waals surface area contributed by atoms with Gasteiger partial charge in [0.2, 0.25) is 0 Å². The fourth-order valence-corrected chi connectivity index (χ4v) is 3.21. The van der Waals surface area contributed by atoms with E-state index in [-0.39, 0.29) is 6.61 Å². The maximum atomic E-state index is 9.36. The molecule has 0 atom stereocenters. The van der Waals surface area contributed by atoms with E-state index >= 15 is 0 Å². The van der Waals surface area contributed by atoms with Crippen molar-refractivity contribution in [2.24, 2.45) is 0 Å². The van der Waals surface area contributed by atoms with Crippen LogP contribution in [-0.2, 0) is 6.54 Å². The number of nitrogens with one attached hydrogen (secondary N) is 1. The Morgan fingerprint density at radius 3 is 2.38 bits per heavy atom. The zero-order valence-electron chi connectivity index (χ0n) is 13.7. The SMILES string of the molecule is CCC(CC)N(CCO)c1ccc(CNC(C)C)cc1Br. The van der Waals surface area contributed by atoms with E-state index in [1.807, 2.05) is 0 Å².